The molecule has 35 heavy (non-hydrogen) atoms. The van der Waals surface area contributed by atoms with E-state index in [2.05, 4.69) is 22.1 Å². The van der Waals surface area contributed by atoms with Crippen LogP contribution >= 0.6 is 11.8 Å². The van der Waals surface area contributed by atoms with Crippen LogP contribution in [0.25, 0.3) is 10.8 Å². The Kier molecular flexibility index (Phi) is 7.79. The van der Waals surface area contributed by atoms with Crippen molar-refractivity contribution in [3.05, 3.63) is 90.8 Å². The molecule has 0 aliphatic rings. The van der Waals surface area contributed by atoms with E-state index in [-0.39, 0.29) is 18.3 Å². The minimum atomic E-state index is -0.466. The van der Waals surface area contributed by atoms with Crippen LogP contribution in [0.5, 0.6) is 5.75 Å². The number of aromatic nitrogens is 3. The molecule has 0 aliphatic carbocycles. The summed E-state index contributed by atoms with van der Waals surface area (Å²) in [5.41, 5.74) is 0.870. The highest BCUT2D eigenvalue weighted by atomic mass is 32.2. The quantitative estimate of drug-likeness (QED) is 0.196. The van der Waals surface area contributed by atoms with Crippen LogP contribution in [0.4, 0.5) is 5.69 Å². The fraction of sp³-hybridized carbons (Fsp3) is 0.154. The Morgan fingerprint density at radius 2 is 1.89 bits per heavy atom. The smallest absolute Gasteiger partial charge is 0.337 e. The molecule has 0 bridgehead atoms. The van der Waals surface area contributed by atoms with Gasteiger partial charge >= 0.3 is 5.97 Å². The van der Waals surface area contributed by atoms with Crippen LogP contribution in [0, 0.1) is 0 Å². The van der Waals surface area contributed by atoms with Gasteiger partial charge in [0, 0.05) is 17.6 Å². The number of thioether (sulfide) groups is 1. The van der Waals surface area contributed by atoms with E-state index in [9.17, 15) is 9.59 Å². The average Bonchev–Trinajstić information content (AvgIpc) is 3.27. The van der Waals surface area contributed by atoms with Gasteiger partial charge in [0.25, 0.3) is 0 Å². The summed E-state index contributed by atoms with van der Waals surface area (Å²) in [7, 11) is 1.31. The van der Waals surface area contributed by atoms with Crippen molar-refractivity contribution < 1.29 is 19.1 Å². The van der Waals surface area contributed by atoms with Crippen molar-refractivity contribution in [3.63, 3.8) is 0 Å². The molecule has 0 radical (unpaired) electrons. The summed E-state index contributed by atoms with van der Waals surface area (Å²) >= 11 is 1.26. The number of nitrogens with one attached hydrogen (secondary N) is 1. The summed E-state index contributed by atoms with van der Waals surface area (Å²) in [5, 5.41) is 14.0. The second-order valence-electron chi connectivity index (χ2n) is 7.47. The van der Waals surface area contributed by atoms with E-state index in [1.807, 2.05) is 47.0 Å². The second-order valence-corrected chi connectivity index (χ2v) is 8.42. The van der Waals surface area contributed by atoms with Crippen molar-refractivity contribution in [3.8, 4) is 5.75 Å². The van der Waals surface area contributed by atoms with Gasteiger partial charge in [0.2, 0.25) is 5.91 Å². The van der Waals surface area contributed by atoms with Crippen molar-refractivity contribution in [2.75, 3.05) is 18.2 Å². The van der Waals surface area contributed by atoms with Gasteiger partial charge in [-0.3, -0.25) is 9.36 Å². The zero-order chi connectivity index (χ0) is 24.6. The summed E-state index contributed by atoms with van der Waals surface area (Å²) in [6.07, 6.45) is 1.74. The lowest BCUT2D eigenvalue weighted by Crippen LogP contribution is -2.15. The van der Waals surface area contributed by atoms with Crippen LogP contribution < -0.4 is 10.1 Å². The molecule has 9 heteroatoms. The topological polar surface area (TPSA) is 95.3 Å². The molecule has 8 nitrogen and oxygen atoms in total. The van der Waals surface area contributed by atoms with Gasteiger partial charge in [-0.1, -0.05) is 60.3 Å². The van der Waals surface area contributed by atoms with Crippen LogP contribution in [0.2, 0.25) is 0 Å². The summed E-state index contributed by atoms with van der Waals surface area (Å²) < 4.78 is 12.7. The average molecular weight is 489 g/mol. The number of allylic oxidation sites excluding steroid dienone is 1. The highest BCUT2D eigenvalue weighted by Crippen LogP contribution is 2.26. The van der Waals surface area contributed by atoms with E-state index in [1.165, 1.54) is 18.9 Å². The predicted octanol–water partition coefficient (Wildman–Crippen LogP) is 4.71. The van der Waals surface area contributed by atoms with Crippen molar-refractivity contribution in [1.82, 2.24) is 14.8 Å². The first kappa shape index (κ1) is 24.0. The van der Waals surface area contributed by atoms with E-state index in [0.29, 0.717) is 28.8 Å². The zero-order valence-corrected chi connectivity index (χ0v) is 20.0. The van der Waals surface area contributed by atoms with Gasteiger partial charge in [0.1, 0.15) is 12.4 Å². The first-order chi connectivity index (χ1) is 17.1. The molecule has 1 N–H and O–H groups in total. The third kappa shape index (κ3) is 5.88. The molecule has 178 valence electrons. The summed E-state index contributed by atoms with van der Waals surface area (Å²) in [4.78, 5) is 24.2. The van der Waals surface area contributed by atoms with E-state index < -0.39 is 5.97 Å². The Morgan fingerprint density at radius 3 is 2.71 bits per heavy atom. The molecular formula is C26H24N4O4S. The largest absolute Gasteiger partial charge is 0.485 e. The SMILES string of the molecule is C=CCn1c(COc2cccc3ccccc23)nnc1SCC(=O)Nc1cccc(C(=O)OC)c1. The molecule has 0 saturated carbocycles. The number of rotatable bonds is 10. The van der Waals surface area contributed by atoms with Crippen LogP contribution in [0.1, 0.15) is 16.2 Å². The predicted molar refractivity (Wildman–Crippen MR) is 136 cm³/mol. The van der Waals surface area contributed by atoms with Gasteiger partial charge in [-0.25, -0.2) is 4.79 Å². The molecule has 0 fully saturated rings. The lowest BCUT2D eigenvalue weighted by Gasteiger charge is -2.11. The molecule has 3 aromatic carbocycles. The van der Waals surface area contributed by atoms with E-state index in [0.717, 1.165) is 16.5 Å². The lowest BCUT2D eigenvalue weighted by atomic mass is 10.1. The Labute approximate surface area is 207 Å². The number of ether oxygens (including phenoxy) is 2. The minimum Gasteiger partial charge on any atom is -0.485 e. The second kappa shape index (κ2) is 11.3. The van der Waals surface area contributed by atoms with Crippen molar-refractivity contribution in [2.24, 2.45) is 0 Å². The molecule has 0 saturated heterocycles. The number of methoxy groups -OCH3 is 1. The molecule has 1 aromatic heterocycles. The van der Waals surface area contributed by atoms with Crippen LogP contribution in [-0.2, 0) is 22.7 Å². The number of amides is 1. The number of carbonyl (C=O) groups is 2. The third-order valence-electron chi connectivity index (χ3n) is 5.11. The third-order valence-corrected chi connectivity index (χ3v) is 6.08. The zero-order valence-electron chi connectivity index (χ0n) is 19.1. The van der Waals surface area contributed by atoms with Gasteiger partial charge in [-0.2, -0.15) is 0 Å². The molecule has 0 aliphatic heterocycles. The van der Waals surface area contributed by atoms with Gasteiger partial charge in [0.15, 0.2) is 11.0 Å². The lowest BCUT2D eigenvalue weighted by molar-refractivity contribution is -0.113. The standard InChI is InChI=1S/C26H24N4O4S/c1-3-14-30-23(16-34-22-13-7-9-18-8-4-5-12-21(18)22)28-29-26(30)35-17-24(31)27-20-11-6-10-19(15-20)25(32)33-2/h3-13,15H,1,14,16-17H2,2H3,(H,27,31). The number of anilines is 1. The fourth-order valence-electron chi connectivity index (χ4n) is 3.48. The summed E-state index contributed by atoms with van der Waals surface area (Å²) in [5.74, 6) is 0.803. The number of nitrogens with zero attached hydrogens (tertiary/aromatic N) is 3. The Hall–Kier alpha value is -4.11. The maximum Gasteiger partial charge on any atom is 0.337 e. The van der Waals surface area contributed by atoms with Crippen LogP contribution in [-0.4, -0.2) is 39.5 Å². The van der Waals surface area contributed by atoms with Gasteiger partial charge < -0.3 is 14.8 Å². The van der Waals surface area contributed by atoms with Gasteiger partial charge in [-0.15, -0.1) is 16.8 Å². The van der Waals surface area contributed by atoms with Crippen molar-refractivity contribution in [1.29, 1.82) is 0 Å². The van der Waals surface area contributed by atoms with Crippen molar-refractivity contribution >= 4 is 40.1 Å². The summed E-state index contributed by atoms with van der Waals surface area (Å²) in [6.45, 7) is 4.52. The normalized spacial score (nSPS) is 10.7. The Balaban J connectivity index is 1.41. The van der Waals surface area contributed by atoms with Gasteiger partial charge in [0.05, 0.1) is 18.4 Å². The maximum atomic E-state index is 12.5. The van der Waals surface area contributed by atoms with Crippen molar-refractivity contribution in [2.45, 2.75) is 18.3 Å². The maximum absolute atomic E-state index is 12.5. The monoisotopic (exact) mass is 488 g/mol. The highest BCUT2D eigenvalue weighted by molar-refractivity contribution is 7.99. The molecule has 0 atom stereocenters. The molecule has 0 spiro atoms. The minimum absolute atomic E-state index is 0.113. The van der Waals surface area contributed by atoms with Gasteiger partial charge in [-0.05, 0) is 29.7 Å². The van der Waals surface area contributed by atoms with Crippen LogP contribution in [0.15, 0.2) is 84.5 Å². The fourth-order valence-corrected chi connectivity index (χ4v) is 4.24. The number of hydrogen-bond donors (Lipinski definition) is 1. The van der Waals surface area contributed by atoms with E-state index in [1.54, 1.807) is 30.3 Å². The molecule has 0 unspecified atom stereocenters. The number of benzene rings is 3. The Morgan fingerprint density at radius 1 is 1.09 bits per heavy atom. The highest BCUT2D eigenvalue weighted by Gasteiger charge is 2.15. The molecule has 1 heterocycles. The molecule has 1 amide bonds. The summed E-state index contributed by atoms with van der Waals surface area (Å²) in [6, 6.07) is 20.5. The molecule has 4 rings (SSSR count). The van der Waals surface area contributed by atoms with E-state index >= 15 is 0 Å². The number of fused-ring (bicyclic) bond motifs is 1. The number of carbonyl (C=O) groups excluding carboxylic acids is 2. The number of esters is 1. The first-order valence-corrected chi connectivity index (χ1v) is 11.8. The first-order valence-electron chi connectivity index (χ1n) is 10.8. The molecule has 4 aromatic rings. The molecular weight excluding hydrogens is 464 g/mol. The Bertz CT molecular complexity index is 1360. The van der Waals surface area contributed by atoms with Crippen LogP contribution in [0.3, 0.4) is 0 Å². The number of hydrogen-bond acceptors (Lipinski definition) is 7. The van der Waals surface area contributed by atoms with E-state index in [4.69, 9.17) is 9.47 Å².